The molecule has 0 saturated carbocycles. The number of nitrogen functional groups attached to an aromatic ring is 2. The second kappa shape index (κ2) is 10.3. The molecule has 1 unspecified atom stereocenters. The fourth-order valence-corrected chi connectivity index (χ4v) is 4.27. The first kappa shape index (κ1) is 27.2. The van der Waals surface area contributed by atoms with Crippen LogP contribution >= 0.6 is 0 Å². The number of primary amides is 1. The van der Waals surface area contributed by atoms with Gasteiger partial charge >= 0.3 is 12.3 Å². The number of aromatic nitrogens is 5. The molecule has 3 heterocycles. The van der Waals surface area contributed by atoms with E-state index in [1.807, 2.05) is 0 Å². The summed E-state index contributed by atoms with van der Waals surface area (Å²) in [5, 5.41) is 4.39. The number of benzene rings is 2. The lowest BCUT2D eigenvalue weighted by Crippen LogP contribution is -2.22. The van der Waals surface area contributed by atoms with Crippen LogP contribution in [-0.4, -0.2) is 30.8 Å². The van der Waals surface area contributed by atoms with Crippen LogP contribution < -0.4 is 17.2 Å². The summed E-state index contributed by atoms with van der Waals surface area (Å²) in [6, 6.07) is 11.0. The second-order valence-corrected chi connectivity index (χ2v) is 8.80. The summed E-state index contributed by atoms with van der Waals surface area (Å²) in [5.41, 5.74) is 17.0. The van der Waals surface area contributed by atoms with Gasteiger partial charge in [0.15, 0.2) is 6.10 Å². The van der Waals surface area contributed by atoms with Crippen molar-refractivity contribution < 1.29 is 31.5 Å². The maximum Gasteiger partial charge on any atom is 0.416 e. The lowest BCUT2D eigenvalue weighted by molar-refractivity contribution is -0.137. The van der Waals surface area contributed by atoms with E-state index in [0.29, 0.717) is 5.56 Å². The third kappa shape index (κ3) is 5.41. The SMILES string of the molecule is NC(=O)OC(c1cccc(C(F)(F)F)c1)c1c(N)nc(-n2nc(Cc3ccccc3F)c3ncc(F)cc32)nc1N. The van der Waals surface area contributed by atoms with Gasteiger partial charge in [-0.2, -0.15) is 32.9 Å². The molecule has 0 saturated heterocycles. The van der Waals surface area contributed by atoms with E-state index in [-0.39, 0.29) is 51.9 Å². The normalized spacial score (nSPS) is 12.4. The van der Waals surface area contributed by atoms with Gasteiger partial charge in [-0.3, -0.25) is 0 Å². The maximum atomic E-state index is 14.3. The van der Waals surface area contributed by atoms with Gasteiger partial charge in [0.1, 0.15) is 28.8 Å². The number of hydrogen-bond acceptors (Lipinski definition) is 8. The third-order valence-electron chi connectivity index (χ3n) is 6.07. The number of hydrogen-bond donors (Lipinski definition) is 3. The summed E-state index contributed by atoms with van der Waals surface area (Å²) >= 11 is 0. The van der Waals surface area contributed by atoms with Crippen LogP contribution in [0.4, 0.5) is 38.4 Å². The maximum absolute atomic E-state index is 14.3. The molecule has 0 aliphatic heterocycles. The third-order valence-corrected chi connectivity index (χ3v) is 6.07. The van der Waals surface area contributed by atoms with Crippen LogP contribution in [0.3, 0.4) is 0 Å². The van der Waals surface area contributed by atoms with Crippen molar-refractivity contribution in [3.63, 3.8) is 0 Å². The van der Waals surface area contributed by atoms with Crippen LogP contribution in [-0.2, 0) is 17.3 Å². The highest BCUT2D eigenvalue weighted by molar-refractivity contribution is 5.79. The van der Waals surface area contributed by atoms with Crippen molar-refractivity contribution in [2.24, 2.45) is 5.73 Å². The Labute approximate surface area is 227 Å². The standard InChI is InChI=1S/C26H19F5N8O2/c27-15-10-18-20(35-11-15)17(9-12-4-1-2-7-16(12)28)38-39(18)25-36-22(32)19(23(33)37-25)21(41-24(34)40)13-5-3-6-14(8-13)26(29,30)31/h1-8,10-11,21H,9H2,(H2,34,40)(H4,32,33,36,37). The molecule has 6 N–H and O–H groups in total. The highest BCUT2D eigenvalue weighted by Crippen LogP contribution is 2.37. The minimum Gasteiger partial charge on any atom is -0.436 e. The minimum absolute atomic E-state index is 0.0120. The Morgan fingerprint density at radius 3 is 2.37 bits per heavy atom. The predicted molar refractivity (Wildman–Crippen MR) is 136 cm³/mol. The number of alkyl halides is 3. The predicted octanol–water partition coefficient (Wildman–Crippen LogP) is 4.45. The van der Waals surface area contributed by atoms with Crippen LogP contribution in [0.15, 0.2) is 60.8 Å². The van der Waals surface area contributed by atoms with Gasteiger partial charge in [-0.05, 0) is 29.3 Å². The molecule has 1 amide bonds. The van der Waals surface area contributed by atoms with Gasteiger partial charge in [0.05, 0.1) is 28.5 Å². The van der Waals surface area contributed by atoms with E-state index in [9.17, 15) is 26.7 Å². The summed E-state index contributed by atoms with van der Waals surface area (Å²) in [6.45, 7) is 0. The molecule has 10 nitrogen and oxygen atoms in total. The lowest BCUT2D eigenvalue weighted by atomic mass is 10.00. The molecule has 15 heteroatoms. The van der Waals surface area contributed by atoms with E-state index in [1.165, 1.54) is 18.2 Å². The zero-order valence-electron chi connectivity index (χ0n) is 20.7. The molecule has 41 heavy (non-hydrogen) atoms. The summed E-state index contributed by atoms with van der Waals surface area (Å²) in [5.74, 6) is -2.24. The molecule has 0 aliphatic rings. The summed E-state index contributed by atoms with van der Waals surface area (Å²) in [6.07, 6.45) is -6.67. The van der Waals surface area contributed by atoms with E-state index in [1.54, 1.807) is 12.1 Å². The molecule has 5 rings (SSSR count). The molecule has 0 radical (unpaired) electrons. The monoisotopic (exact) mass is 570 g/mol. The average Bonchev–Trinajstić information content (AvgIpc) is 3.25. The number of carbonyl (C=O) groups excluding carboxylic acids is 1. The number of nitrogens with two attached hydrogens (primary N) is 3. The second-order valence-electron chi connectivity index (χ2n) is 8.80. The Bertz CT molecular complexity index is 1770. The number of fused-ring (bicyclic) bond motifs is 1. The van der Waals surface area contributed by atoms with E-state index in [2.05, 4.69) is 20.1 Å². The number of halogens is 5. The van der Waals surface area contributed by atoms with Crippen LogP contribution in [0.1, 0.15) is 34.1 Å². The molecule has 0 fully saturated rings. The highest BCUT2D eigenvalue weighted by atomic mass is 19.4. The zero-order valence-corrected chi connectivity index (χ0v) is 20.7. The van der Waals surface area contributed by atoms with Gasteiger partial charge in [0, 0.05) is 12.5 Å². The molecule has 210 valence electrons. The topological polar surface area (TPSA) is 161 Å². The van der Waals surface area contributed by atoms with Crippen molar-refractivity contribution in [1.29, 1.82) is 0 Å². The van der Waals surface area contributed by atoms with Gasteiger partial charge in [0.25, 0.3) is 5.95 Å². The van der Waals surface area contributed by atoms with Gasteiger partial charge in [-0.25, -0.2) is 18.6 Å². The van der Waals surface area contributed by atoms with Crippen molar-refractivity contribution in [1.82, 2.24) is 24.7 Å². The number of anilines is 2. The number of amides is 1. The molecule has 0 aliphatic carbocycles. The first-order chi connectivity index (χ1) is 19.4. The fraction of sp³-hybridized carbons (Fsp3) is 0.115. The Morgan fingerprint density at radius 2 is 1.71 bits per heavy atom. The fourth-order valence-electron chi connectivity index (χ4n) is 4.27. The Hall–Kier alpha value is -5.34. The summed E-state index contributed by atoms with van der Waals surface area (Å²) in [4.78, 5) is 24.1. The van der Waals surface area contributed by atoms with Crippen molar-refractivity contribution in [2.45, 2.75) is 18.7 Å². The first-order valence-electron chi connectivity index (χ1n) is 11.8. The molecule has 5 aromatic rings. The first-order valence-corrected chi connectivity index (χ1v) is 11.8. The largest absolute Gasteiger partial charge is 0.436 e. The number of pyridine rings is 1. The van der Waals surface area contributed by atoms with Crippen LogP contribution in [0, 0.1) is 11.6 Å². The van der Waals surface area contributed by atoms with Gasteiger partial charge in [0.2, 0.25) is 0 Å². The Balaban J connectivity index is 1.63. The Morgan fingerprint density at radius 1 is 1.00 bits per heavy atom. The number of rotatable bonds is 6. The van der Waals surface area contributed by atoms with Crippen molar-refractivity contribution in [3.8, 4) is 5.95 Å². The molecule has 3 aromatic heterocycles. The van der Waals surface area contributed by atoms with E-state index in [0.717, 1.165) is 35.1 Å². The summed E-state index contributed by atoms with van der Waals surface area (Å²) < 4.78 is 74.7. The van der Waals surface area contributed by atoms with E-state index < -0.39 is 35.6 Å². The highest BCUT2D eigenvalue weighted by Gasteiger charge is 2.33. The summed E-state index contributed by atoms with van der Waals surface area (Å²) in [7, 11) is 0. The molecule has 0 bridgehead atoms. The van der Waals surface area contributed by atoms with Crippen LogP contribution in [0.25, 0.3) is 17.0 Å². The smallest absolute Gasteiger partial charge is 0.416 e. The minimum atomic E-state index is -4.70. The molecule has 0 spiro atoms. The Kier molecular flexibility index (Phi) is 6.86. The molecular weight excluding hydrogens is 551 g/mol. The lowest BCUT2D eigenvalue weighted by Gasteiger charge is -2.21. The molecular formula is C26H19F5N8O2. The van der Waals surface area contributed by atoms with Gasteiger partial charge < -0.3 is 21.9 Å². The van der Waals surface area contributed by atoms with Gasteiger partial charge in [-0.1, -0.05) is 30.3 Å². The quantitative estimate of drug-likeness (QED) is 0.253. The van der Waals surface area contributed by atoms with E-state index in [4.69, 9.17) is 21.9 Å². The van der Waals surface area contributed by atoms with Gasteiger partial charge in [-0.15, -0.1) is 0 Å². The number of nitrogens with zero attached hydrogens (tertiary/aromatic N) is 5. The van der Waals surface area contributed by atoms with Crippen LogP contribution in [0.5, 0.6) is 0 Å². The zero-order chi connectivity index (χ0) is 29.5. The van der Waals surface area contributed by atoms with E-state index >= 15 is 0 Å². The van der Waals surface area contributed by atoms with Crippen LogP contribution in [0.2, 0.25) is 0 Å². The molecule has 1 atom stereocenters. The van der Waals surface area contributed by atoms with Crippen molar-refractivity contribution in [2.75, 3.05) is 11.5 Å². The average molecular weight is 570 g/mol. The number of carbonyl (C=O) groups is 1. The van der Waals surface area contributed by atoms with Crippen molar-refractivity contribution >= 4 is 28.8 Å². The molecule has 2 aromatic carbocycles. The van der Waals surface area contributed by atoms with Crippen molar-refractivity contribution in [3.05, 3.63) is 100 Å². The number of ether oxygens (including phenoxy) is 1.